The zero-order valence-corrected chi connectivity index (χ0v) is 14.9. The Bertz CT molecular complexity index is 756. The first-order valence-electron chi connectivity index (χ1n) is 8.27. The maximum absolute atomic E-state index is 13.9. The quantitative estimate of drug-likeness (QED) is 0.830. The largest absolute Gasteiger partial charge is 0.494 e. The third-order valence-corrected chi connectivity index (χ3v) is 6.55. The minimum Gasteiger partial charge on any atom is -0.494 e. The molecule has 138 valence electrons. The molecule has 0 aromatic heterocycles. The number of carbonyl (C=O) groups is 1. The standard InChI is InChI=1S/C16H22FN3O4S/c1-24-15-5-4-13(9-14(15)17)25(22,23)19-7-2-3-12(11-19)20-8-6-18-10-16(20)21/h4-5,9,12,18H,2-3,6-8,10-11H2,1H3. The zero-order chi connectivity index (χ0) is 18.0. The summed E-state index contributed by atoms with van der Waals surface area (Å²) in [5, 5.41) is 3.01. The maximum atomic E-state index is 13.9. The average molecular weight is 371 g/mol. The van der Waals surface area contributed by atoms with Gasteiger partial charge in [-0.3, -0.25) is 4.79 Å². The van der Waals surface area contributed by atoms with E-state index in [2.05, 4.69) is 5.32 Å². The minimum absolute atomic E-state index is 0.00174. The molecule has 2 aliphatic heterocycles. The Labute approximate surface area is 146 Å². The van der Waals surface area contributed by atoms with Gasteiger partial charge in [0, 0.05) is 32.2 Å². The molecule has 1 unspecified atom stereocenters. The van der Waals surface area contributed by atoms with Crippen LogP contribution in [0.3, 0.4) is 0 Å². The molecule has 0 saturated carbocycles. The Hall–Kier alpha value is -1.71. The summed E-state index contributed by atoms with van der Waals surface area (Å²) in [6.07, 6.45) is 1.44. The number of piperidine rings is 1. The van der Waals surface area contributed by atoms with Crippen LogP contribution in [0.25, 0.3) is 0 Å². The minimum atomic E-state index is -3.81. The van der Waals surface area contributed by atoms with Crippen molar-refractivity contribution in [1.29, 1.82) is 0 Å². The van der Waals surface area contributed by atoms with Gasteiger partial charge in [-0.1, -0.05) is 0 Å². The Kier molecular flexibility index (Phi) is 5.26. The second-order valence-corrected chi connectivity index (χ2v) is 8.16. The molecular weight excluding hydrogens is 349 g/mol. The second kappa shape index (κ2) is 7.27. The topological polar surface area (TPSA) is 79.0 Å². The molecule has 0 radical (unpaired) electrons. The highest BCUT2D eigenvalue weighted by Crippen LogP contribution is 2.26. The third-order valence-electron chi connectivity index (χ3n) is 4.69. The van der Waals surface area contributed by atoms with Crippen LogP contribution in [0.1, 0.15) is 12.8 Å². The smallest absolute Gasteiger partial charge is 0.243 e. The van der Waals surface area contributed by atoms with E-state index in [1.807, 2.05) is 0 Å². The number of halogens is 1. The summed E-state index contributed by atoms with van der Waals surface area (Å²) >= 11 is 0. The number of hydrogen-bond donors (Lipinski definition) is 1. The lowest BCUT2D eigenvalue weighted by molar-refractivity contribution is -0.135. The van der Waals surface area contributed by atoms with Crippen LogP contribution in [0.15, 0.2) is 23.1 Å². The Morgan fingerprint density at radius 2 is 2.12 bits per heavy atom. The van der Waals surface area contributed by atoms with Gasteiger partial charge in [0.2, 0.25) is 15.9 Å². The molecule has 25 heavy (non-hydrogen) atoms. The summed E-state index contributed by atoms with van der Waals surface area (Å²) in [6, 6.07) is 3.50. The van der Waals surface area contributed by atoms with Crippen LogP contribution in [-0.2, 0) is 14.8 Å². The lowest BCUT2D eigenvalue weighted by atomic mass is 10.1. The third kappa shape index (κ3) is 3.63. The van der Waals surface area contributed by atoms with Crippen LogP contribution < -0.4 is 10.1 Å². The molecule has 2 heterocycles. The number of ether oxygens (including phenoxy) is 1. The van der Waals surface area contributed by atoms with Crippen LogP contribution in [0.2, 0.25) is 0 Å². The van der Waals surface area contributed by atoms with Gasteiger partial charge < -0.3 is 15.0 Å². The molecule has 1 N–H and O–H groups in total. The molecule has 3 rings (SSSR count). The molecule has 0 spiro atoms. The normalized spacial score (nSPS) is 22.9. The molecule has 1 aromatic carbocycles. The molecular formula is C16H22FN3O4S. The number of nitrogens with one attached hydrogen (secondary N) is 1. The highest BCUT2D eigenvalue weighted by Gasteiger charge is 2.35. The first-order chi connectivity index (χ1) is 11.9. The number of benzene rings is 1. The first kappa shape index (κ1) is 18.1. The number of nitrogens with zero attached hydrogens (tertiary/aromatic N) is 2. The monoisotopic (exact) mass is 371 g/mol. The van der Waals surface area contributed by atoms with E-state index in [9.17, 15) is 17.6 Å². The Morgan fingerprint density at radius 3 is 2.80 bits per heavy atom. The highest BCUT2D eigenvalue weighted by atomic mass is 32.2. The van der Waals surface area contributed by atoms with Gasteiger partial charge in [0.15, 0.2) is 11.6 Å². The summed E-state index contributed by atoms with van der Waals surface area (Å²) in [5.74, 6) is -0.720. The Balaban J connectivity index is 1.80. The number of carbonyl (C=O) groups excluding carboxylic acids is 1. The van der Waals surface area contributed by atoms with Gasteiger partial charge in [0.05, 0.1) is 18.6 Å². The lowest BCUT2D eigenvalue weighted by Gasteiger charge is -2.40. The van der Waals surface area contributed by atoms with Crippen molar-refractivity contribution >= 4 is 15.9 Å². The van der Waals surface area contributed by atoms with Gasteiger partial charge in [-0.05, 0) is 31.0 Å². The van der Waals surface area contributed by atoms with Crippen molar-refractivity contribution in [2.75, 3.05) is 39.8 Å². The van der Waals surface area contributed by atoms with Crippen LogP contribution in [0.4, 0.5) is 4.39 Å². The van der Waals surface area contributed by atoms with E-state index in [-0.39, 0.29) is 35.7 Å². The number of hydrogen-bond acceptors (Lipinski definition) is 5. The number of piperazine rings is 1. The van der Waals surface area contributed by atoms with E-state index in [4.69, 9.17) is 4.74 Å². The molecule has 9 heteroatoms. The van der Waals surface area contributed by atoms with Crippen molar-refractivity contribution in [2.45, 2.75) is 23.8 Å². The fraction of sp³-hybridized carbons (Fsp3) is 0.562. The SMILES string of the molecule is COc1ccc(S(=O)(=O)N2CCCC(N3CCNCC3=O)C2)cc1F. The molecule has 1 aromatic rings. The van der Waals surface area contributed by atoms with Crippen LogP contribution >= 0.6 is 0 Å². The van der Waals surface area contributed by atoms with Gasteiger partial charge in [-0.2, -0.15) is 4.31 Å². The van der Waals surface area contributed by atoms with Crippen molar-refractivity contribution in [2.24, 2.45) is 0 Å². The van der Waals surface area contributed by atoms with E-state index in [1.165, 1.54) is 23.5 Å². The fourth-order valence-electron chi connectivity index (χ4n) is 3.36. The van der Waals surface area contributed by atoms with E-state index in [1.54, 1.807) is 4.90 Å². The van der Waals surface area contributed by atoms with Crippen LogP contribution in [0.5, 0.6) is 5.75 Å². The summed E-state index contributed by atoms with van der Waals surface area (Å²) in [7, 11) is -2.49. The van der Waals surface area contributed by atoms with E-state index >= 15 is 0 Å². The summed E-state index contributed by atoms with van der Waals surface area (Å²) in [6.45, 7) is 2.18. The number of amides is 1. The van der Waals surface area contributed by atoms with Gasteiger partial charge in [-0.15, -0.1) is 0 Å². The number of rotatable bonds is 4. The van der Waals surface area contributed by atoms with Crippen molar-refractivity contribution in [3.8, 4) is 5.75 Å². The molecule has 1 amide bonds. The zero-order valence-electron chi connectivity index (χ0n) is 14.1. The number of sulfonamides is 1. The molecule has 2 saturated heterocycles. The van der Waals surface area contributed by atoms with Gasteiger partial charge in [0.25, 0.3) is 0 Å². The van der Waals surface area contributed by atoms with Crippen molar-refractivity contribution in [3.05, 3.63) is 24.0 Å². The van der Waals surface area contributed by atoms with Gasteiger partial charge in [-0.25, -0.2) is 12.8 Å². The molecule has 0 aliphatic carbocycles. The van der Waals surface area contributed by atoms with E-state index < -0.39 is 15.8 Å². The predicted molar refractivity (Wildman–Crippen MR) is 89.3 cm³/mol. The maximum Gasteiger partial charge on any atom is 0.243 e. The average Bonchev–Trinajstić information content (AvgIpc) is 2.62. The van der Waals surface area contributed by atoms with Crippen LogP contribution in [-0.4, -0.2) is 69.4 Å². The molecule has 0 bridgehead atoms. The van der Waals surface area contributed by atoms with E-state index in [0.717, 1.165) is 12.5 Å². The second-order valence-electron chi connectivity index (χ2n) is 6.22. The molecule has 7 nitrogen and oxygen atoms in total. The van der Waals surface area contributed by atoms with Gasteiger partial charge in [0.1, 0.15) is 0 Å². The van der Waals surface area contributed by atoms with Crippen molar-refractivity contribution < 1.29 is 22.3 Å². The molecule has 2 fully saturated rings. The summed E-state index contributed by atoms with van der Waals surface area (Å²) in [4.78, 5) is 13.7. The van der Waals surface area contributed by atoms with Gasteiger partial charge >= 0.3 is 0 Å². The Morgan fingerprint density at radius 1 is 1.32 bits per heavy atom. The first-order valence-corrected chi connectivity index (χ1v) is 9.71. The fourth-order valence-corrected chi connectivity index (χ4v) is 4.89. The van der Waals surface area contributed by atoms with Crippen LogP contribution in [0, 0.1) is 5.82 Å². The summed E-state index contributed by atoms with van der Waals surface area (Å²) < 4.78 is 45.8. The van der Waals surface area contributed by atoms with Crippen molar-refractivity contribution in [1.82, 2.24) is 14.5 Å². The summed E-state index contributed by atoms with van der Waals surface area (Å²) in [5.41, 5.74) is 0. The molecule has 2 aliphatic rings. The molecule has 1 atom stereocenters. The number of methoxy groups -OCH3 is 1. The highest BCUT2D eigenvalue weighted by molar-refractivity contribution is 7.89. The predicted octanol–water partition coefficient (Wildman–Crippen LogP) is 0.419. The lowest BCUT2D eigenvalue weighted by Crippen LogP contribution is -2.57. The van der Waals surface area contributed by atoms with E-state index in [0.29, 0.717) is 26.1 Å². The van der Waals surface area contributed by atoms with Crippen molar-refractivity contribution in [3.63, 3.8) is 0 Å².